The van der Waals surface area contributed by atoms with E-state index in [1.165, 1.54) is 13.0 Å². The standard InChI is InChI=1S/C17H15F2NO3/c1-17(16(22)23,11-5-3-2-4-6-11)10-15(21)20-12-7-8-13(18)14(19)9-12/h2-9H,10H2,1H3,(H,20,21)(H,22,23)/t17-/m1/s1. The maximum atomic E-state index is 13.1. The number of hydrogen-bond donors (Lipinski definition) is 2. The van der Waals surface area contributed by atoms with E-state index >= 15 is 0 Å². The van der Waals surface area contributed by atoms with E-state index in [0.29, 0.717) is 5.56 Å². The molecule has 0 unspecified atom stereocenters. The van der Waals surface area contributed by atoms with E-state index in [-0.39, 0.29) is 12.1 Å². The maximum absolute atomic E-state index is 13.1. The molecule has 0 aliphatic carbocycles. The van der Waals surface area contributed by atoms with Gasteiger partial charge in [-0.05, 0) is 24.6 Å². The van der Waals surface area contributed by atoms with Gasteiger partial charge in [-0.1, -0.05) is 30.3 Å². The van der Waals surface area contributed by atoms with Crippen molar-refractivity contribution in [2.45, 2.75) is 18.8 Å². The third-order valence-electron chi connectivity index (χ3n) is 3.60. The number of amides is 1. The quantitative estimate of drug-likeness (QED) is 0.888. The van der Waals surface area contributed by atoms with Gasteiger partial charge >= 0.3 is 5.97 Å². The van der Waals surface area contributed by atoms with Gasteiger partial charge < -0.3 is 10.4 Å². The Morgan fingerprint density at radius 2 is 1.74 bits per heavy atom. The number of carbonyl (C=O) groups excluding carboxylic acids is 1. The van der Waals surface area contributed by atoms with Crippen molar-refractivity contribution < 1.29 is 23.5 Å². The van der Waals surface area contributed by atoms with Crippen molar-refractivity contribution in [1.82, 2.24) is 0 Å². The molecule has 2 rings (SSSR count). The van der Waals surface area contributed by atoms with Crippen LogP contribution in [0.1, 0.15) is 18.9 Å². The molecule has 0 aromatic heterocycles. The number of aliphatic carboxylic acids is 1. The van der Waals surface area contributed by atoms with Crippen LogP contribution in [0.2, 0.25) is 0 Å². The SMILES string of the molecule is C[C@](CC(=O)Nc1ccc(F)c(F)c1)(C(=O)O)c1ccccc1. The summed E-state index contributed by atoms with van der Waals surface area (Å²) in [5.41, 5.74) is -0.883. The fourth-order valence-corrected chi connectivity index (χ4v) is 2.21. The molecular weight excluding hydrogens is 304 g/mol. The van der Waals surface area contributed by atoms with Crippen molar-refractivity contribution in [2.75, 3.05) is 5.32 Å². The molecule has 1 atom stereocenters. The summed E-state index contributed by atoms with van der Waals surface area (Å²) >= 11 is 0. The van der Waals surface area contributed by atoms with Gasteiger partial charge in [-0.25, -0.2) is 8.78 Å². The molecule has 0 aliphatic rings. The number of carboxylic acids is 1. The number of nitrogens with one attached hydrogen (secondary N) is 1. The zero-order valence-corrected chi connectivity index (χ0v) is 12.3. The highest BCUT2D eigenvalue weighted by Gasteiger charge is 2.37. The van der Waals surface area contributed by atoms with Crippen LogP contribution in [0.25, 0.3) is 0 Å². The van der Waals surface area contributed by atoms with Crippen LogP contribution in [-0.2, 0) is 15.0 Å². The number of rotatable bonds is 5. The highest BCUT2D eigenvalue weighted by Crippen LogP contribution is 2.28. The molecular formula is C17H15F2NO3. The smallest absolute Gasteiger partial charge is 0.314 e. The predicted molar refractivity (Wildman–Crippen MR) is 81.0 cm³/mol. The molecule has 6 heteroatoms. The summed E-state index contributed by atoms with van der Waals surface area (Å²) < 4.78 is 26.0. The highest BCUT2D eigenvalue weighted by molar-refractivity contribution is 5.96. The Morgan fingerprint density at radius 3 is 2.30 bits per heavy atom. The Bertz CT molecular complexity index is 734. The van der Waals surface area contributed by atoms with Crippen LogP contribution in [0.3, 0.4) is 0 Å². The van der Waals surface area contributed by atoms with E-state index in [1.807, 2.05) is 0 Å². The van der Waals surface area contributed by atoms with Gasteiger partial charge in [0.2, 0.25) is 5.91 Å². The summed E-state index contributed by atoms with van der Waals surface area (Å²) in [4.78, 5) is 23.7. The lowest BCUT2D eigenvalue weighted by Crippen LogP contribution is -2.36. The minimum absolute atomic E-state index is 0.0645. The van der Waals surface area contributed by atoms with Gasteiger partial charge in [0.15, 0.2) is 11.6 Å². The first-order valence-electron chi connectivity index (χ1n) is 6.87. The minimum Gasteiger partial charge on any atom is -0.481 e. The Labute approximate surface area is 131 Å². The van der Waals surface area contributed by atoms with Crippen molar-refractivity contribution in [3.05, 3.63) is 65.7 Å². The number of carbonyl (C=O) groups is 2. The second-order valence-electron chi connectivity index (χ2n) is 5.36. The number of hydrogen-bond acceptors (Lipinski definition) is 2. The van der Waals surface area contributed by atoms with E-state index in [2.05, 4.69) is 5.32 Å². The summed E-state index contributed by atoms with van der Waals surface area (Å²) in [6.07, 6.45) is -0.342. The lowest BCUT2D eigenvalue weighted by molar-refractivity contribution is -0.145. The second kappa shape index (κ2) is 6.56. The van der Waals surface area contributed by atoms with Crippen LogP contribution < -0.4 is 5.32 Å². The Balaban J connectivity index is 2.19. The van der Waals surface area contributed by atoms with Crippen molar-refractivity contribution >= 4 is 17.6 Å². The van der Waals surface area contributed by atoms with Gasteiger partial charge in [0.05, 0.1) is 5.41 Å². The molecule has 120 valence electrons. The molecule has 2 N–H and O–H groups in total. The van der Waals surface area contributed by atoms with Gasteiger partial charge in [-0.15, -0.1) is 0 Å². The van der Waals surface area contributed by atoms with E-state index in [4.69, 9.17) is 0 Å². The zero-order valence-electron chi connectivity index (χ0n) is 12.3. The first kappa shape index (κ1) is 16.6. The molecule has 0 bridgehead atoms. The van der Waals surface area contributed by atoms with Crippen molar-refractivity contribution in [2.24, 2.45) is 0 Å². The molecule has 0 fully saturated rings. The molecule has 1 amide bonds. The van der Waals surface area contributed by atoms with Crippen LogP contribution in [0.5, 0.6) is 0 Å². The van der Waals surface area contributed by atoms with E-state index in [1.54, 1.807) is 30.3 Å². The van der Waals surface area contributed by atoms with E-state index in [9.17, 15) is 23.5 Å². The zero-order chi connectivity index (χ0) is 17.0. The third kappa shape index (κ3) is 3.71. The molecule has 2 aromatic carbocycles. The van der Waals surface area contributed by atoms with Crippen LogP contribution in [0.4, 0.5) is 14.5 Å². The molecule has 0 radical (unpaired) electrons. The summed E-state index contributed by atoms with van der Waals surface area (Å²) in [7, 11) is 0. The number of anilines is 1. The fraction of sp³-hybridized carbons (Fsp3) is 0.176. The van der Waals surface area contributed by atoms with Crippen molar-refractivity contribution in [3.63, 3.8) is 0 Å². The van der Waals surface area contributed by atoms with Crippen LogP contribution in [0, 0.1) is 11.6 Å². The van der Waals surface area contributed by atoms with E-state index < -0.39 is 28.9 Å². The lowest BCUT2D eigenvalue weighted by atomic mass is 9.79. The Morgan fingerprint density at radius 1 is 1.09 bits per heavy atom. The maximum Gasteiger partial charge on any atom is 0.314 e. The molecule has 2 aromatic rings. The first-order chi connectivity index (χ1) is 10.8. The molecule has 0 saturated carbocycles. The lowest BCUT2D eigenvalue weighted by Gasteiger charge is -2.24. The first-order valence-corrected chi connectivity index (χ1v) is 6.87. The van der Waals surface area contributed by atoms with Gasteiger partial charge in [0.1, 0.15) is 0 Å². The molecule has 0 aliphatic heterocycles. The number of halogens is 2. The molecule has 23 heavy (non-hydrogen) atoms. The van der Waals surface area contributed by atoms with Gasteiger partial charge in [-0.3, -0.25) is 9.59 Å². The van der Waals surface area contributed by atoms with E-state index in [0.717, 1.165) is 12.1 Å². The Kier molecular flexibility index (Phi) is 4.74. The topological polar surface area (TPSA) is 66.4 Å². The summed E-state index contributed by atoms with van der Waals surface area (Å²) in [6, 6.07) is 11.3. The summed E-state index contributed by atoms with van der Waals surface area (Å²) in [5, 5.41) is 11.9. The molecule has 0 spiro atoms. The number of benzene rings is 2. The molecule has 0 saturated heterocycles. The number of carboxylic acid groups (broad SMARTS) is 1. The van der Waals surface area contributed by atoms with Crippen LogP contribution in [-0.4, -0.2) is 17.0 Å². The highest BCUT2D eigenvalue weighted by atomic mass is 19.2. The molecule has 4 nitrogen and oxygen atoms in total. The van der Waals surface area contributed by atoms with Gasteiger partial charge in [0, 0.05) is 18.2 Å². The fourth-order valence-electron chi connectivity index (χ4n) is 2.21. The van der Waals surface area contributed by atoms with Crippen molar-refractivity contribution in [3.8, 4) is 0 Å². The third-order valence-corrected chi connectivity index (χ3v) is 3.60. The molecule has 0 heterocycles. The normalized spacial score (nSPS) is 13.2. The monoisotopic (exact) mass is 319 g/mol. The van der Waals surface area contributed by atoms with Crippen LogP contribution >= 0.6 is 0 Å². The summed E-state index contributed by atoms with van der Waals surface area (Å²) in [6.45, 7) is 1.44. The summed E-state index contributed by atoms with van der Waals surface area (Å²) in [5.74, 6) is -3.87. The minimum atomic E-state index is -1.43. The van der Waals surface area contributed by atoms with Crippen molar-refractivity contribution in [1.29, 1.82) is 0 Å². The Hall–Kier alpha value is -2.76. The average Bonchev–Trinajstić information content (AvgIpc) is 2.51. The second-order valence-corrected chi connectivity index (χ2v) is 5.36. The predicted octanol–water partition coefficient (Wildman–Crippen LogP) is 3.34. The van der Waals surface area contributed by atoms with Gasteiger partial charge in [0.25, 0.3) is 0 Å². The largest absolute Gasteiger partial charge is 0.481 e. The van der Waals surface area contributed by atoms with Crippen LogP contribution in [0.15, 0.2) is 48.5 Å². The average molecular weight is 319 g/mol. The van der Waals surface area contributed by atoms with Gasteiger partial charge in [-0.2, -0.15) is 0 Å².